The van der Waals surface area contributed by atoms with E-state index >= 15 is 0 Å². The van der Waals surface area contributed by atoms with E-state index in [4.69, 9.17) is 0 Å². The molecule has 3 heterocycles. The van der Waals surface area contributed by atoms with Crippen LogP contribution in [0, 0.1) is 12.8 Å². The number of pyridine rings is 1. The van der Waals surface area contributed by atoms with Crippen LogP contribution in [0.2, 0.25) is 0 Å². The molecule has 2 saturated heterocycles. The summed E-state index contributed by atoms with van der Waals surface area (Å²) in [4.78, 5) is 29.6. The van der Waals surface area contributed by atoms with Gasteiger partial charge in [0.15, 0.2) is 0 Å². The lowest BCUT2D eigenvalue weighted by atomic mass is 9.92. The van der Waals surface area contributed by atoms with E-state index in [0.717, 1.165) is 30.9 Å². The first-order valence-electron chi connectivity index (χ1n) is 7.01. The summed E-state index contributed by atoms with van der Waals surface area (Å²) < 4.78 is 0. The average Bonchev–Trinajstić information content (AvgIpc) is 2.86. The summed E-state index contributed by atoms with van der Waals surface area (Å²) >= 11 is 0. The first-order valence-corrected chi connectivity index (χ1v) is 7.01. The summed E-state index contributed by atoms with van der Waals surface area (Å²) in [6, 6.07) is 3.90. The molecule has 2 atom stereocenters. The summed E-state index contributed by atoms with van der Waals surface area (Å²) in [5, 5.41) is 2.38. The minimum Gasteiger partial charge on any atom is -0.356 e. The monoisotopic (exact) mass is 272 g/mol. The molecule has 5 nitrogen and oxygen atoms in total. The quantitative estimate of drug-likeness (QED) is 0.823. The molecule has 0 spiro atoms. The van der Waals surface area contributed by atoms with Gasteiger partial charge in [0, 0.05) is 25.7 Å². The molecule has 3 rings (SSSR count). The van der Waals surface area contributed by atoms with Crippen molar-refractivity contribution in [1.82, 2.24) is 10.3 Å². The van der Waals surface area contributed by atoms with Crippen LogP contribution >= 0.6 is 0 Å². The minimum absolute atomic E-state index is 0.186. The number of nitrogens with zero attached hydrogens (tertiary/aromatic N) is 2. The lowest BCUT2D eigenvalue weighted by molar-refractivity contribution is -0.134. The number of amides is 2. The van der Waals surface area contributed by atoms with Crippen LogP contribution in [0.1, 0.15) is 30.7 Å². The average molecular weight is 272 g/mol. The molecule has 5 heteroatoms. The van der Waals surface area contributed by atoms with E-state index in [1.54, 1.807) is 6.20 Å². The van der Waals surface area contributed by atoms with Gasteiger partial charge >= 0.3 is 0 Å². The Morgan fingerprint density at radius 2 is 2.15 bits per heavy atom. The van der Waals surface area contributed by atoms with Crippen molar-refractivity contribution in [3.8, 4) is 0 Å². The van der Waals surface area contributed by atoms with E-state index in [1.807, 2.05) is 12.1 Å². The first kappa shape index (κ1) is 13.1. The molecule has 105 valence electrons. The van der Waals surface area contributed by atoms with Gasteiger partial charge in [-0.1, -0.05) is 6.07 Å². The highest BCUT2D eigenvalue weighted by Gasteiger charge is 2.28. The summed E-state index contributed by atoms with van der Waals surface area (Å²) in [6.07, 6.45) is 3.81. The highest BCUT2D eigenvalue weighted by molar-refractivity contribution is 6.00. The van der Waals surface area contributed by atoms with Crippen LogP contribution in [0.25, 0.3) is 0 Å². The van der Waals surface area contributed by atoms with Gasteiger partial charge in [0.2, 0.25) is 11.8 Å². The van der Waals surface area contributed by atoms with Crippen molar-refractivity contribution in [3.63, 3.8) is 0 Å². The fourth-order valence-electron chi connectivity index (χ4n) is 2.84. The Balaban J connectivity index is 1.73. The second-order valence-electron chi connectivity index (χ2n) is 5.55. The van der Waals surface area contributed by atoms with E-state index in [2.05, 4.69) is 22.1 Å². The molecule has 0 aliphatic carbocycles. The zero-order valence-corrected chi connectivity index (χ0v) is 11.3. The van der Waals surface area contributed by atoms with Crippen LogP contribution in [-0.2, 0) is 9.59 Å². The minimum atomic E-state index is -0.256. The standard InChI is InChI=1S/C15H18N3O2/c1-10-6-7-18(9-10)13-4-2-11(8-16-13)12-3-5-14(19)17-15(12)20/h2,4,8,10,12H,1,3,5-7,9H2,(H,17,19,20)/t10-,12-/m1/s1. The number of carbonyl (C=O) groups excluding carboxylic acids is 2. The van der Waals surface area contributed by atoms with Crippen LogP contribution in [0.5, 0.6) is 0 Å². The van der Waals surface area contributed by atoms with Gasteiger partial charge in [-0.15, -0.1) is 0 Å². The Morgan fingerprint density at radius 1 is 1.30 bits per heavy atom. The molecule has 2 fully saturated rings. The van der Waals surface area contributed by atoms with E-state index in [9.17, 15) is 9.59 Å². The molecule has 1 aromatic heterocycles. The number of nitrogens with one attached hydrogen (secondary N) is 1. The Hall–Kier alpha value is -1.91. The first-order chi connectivity index (χ1) is 9.63. The van der Waals surface area contributed by atoms with Crippen molar-refractivity contribution in [2.45, 2.75) is 25.2 Å². The topological polar surface area (TPSA) is 62.3 Å². The normalized spacial score (nSPS) is 26.8. The molecule has 1 aromatic rings. The van der Waals surface area contributed by atoms with Crippen molar-refractivity contribution in [1.29, 1.82) is 0 Å². The number of anilines is 1. The molecule has 2 aliphatic rings. The third-order valence-corrected chi connectivity index (χ3v) is 4.02. The zero-order valence-electron chi connectivity index (χ0n) is 11.3. The fraction of sp³-hybridized carbons (Fsp3) is 0.467. The summed E-state index contributed by atoms with van der Waals surface area (Å²) in [7, 11) is 0. The number of hydrogen-bond acceptors (Lipinski definition) is 4. The number of imide groups is 1. The summed E-state index contributed by atoms with van der Waals surface area (Å²) in [6.45, 7) is 5.99. The highest BCUT2D eigenvalue weighted by Crippen LogP contribution is 2.27. The van der Waals surface area contributed by atoms with Crippen LogP contribution < -0.4 is 10.2 Å². The number of aromatic nitrogens is 1. The van der Waals surface area contributed by atoms with Crippen LogP contribution in [-0.4, -0.2) is 29.9 Å². The van der Waals surface area contributed by atoms with Crippen molar-refractivity contribution in [2.24, 2.45) is 5.92 Å². The molecule has 2 aliphatic heterocycles. The lowest BCUT2D eigenvalue weighted by Gasteiger charge is -2.22. The van der Waals surface area contributed by atoms with Gasteiger partial charge in [-0.05, 0) is 37.3 Å². The lowest BCUT2D eigenvalue weighted by Crippen LogP contribution is -2.39. The molecule has 0 aromatic carbocycles. The summed E-state index contributed by atoms with van der Waals surface area (Å²) in [5.41, 5.74) is 0.879. The molecular weight excluding hydrogens is 254 g/mol. The molecule has 1 N–H and O–H groups in total. The molecule has 20 heavy (non-hydrogen) atoms. The van der Waals surface area contributed by atoms with Crippen LogP contribution in [0.15, 0.2) is 18.3 Å². The van der Waals surface area contributed by atoms with Crippen LogP contribution in [0.4, 0.5) is 5.82 Å². The number of piperidine rings is 1. The van der Waals surface area contributed by atoms with Crippen molar-refractivity contribution in [3.05, 3.63) is 30.8 Å². The van der Waals surface area contributed by atoms with Gasteiger partial charge in [-0.25, -0.2) is 4.98 Å². The van der Waals surface area contributed by atoms with Gasteiger partial charge in [0.25, 0.3) is 0 Å². The van der Waals surface area contributed by atoms with E-state index in [0.29, 0.717) is 18.8 Å². The molecule has 2 amide bonds. The second-order valence-corrected chi connectivity index (χ2v) is 5.55. The van der Waals surface area contributed by atoms with E-state index < -0.39 is 0 Å². The molecule has 0 unspecified atom stereocenters. The van der Waals surface area contributed by atoms with E-state index in [1.165, 1.54) is 0 Å². The molecule has 1 radical (unpaired) electrons. The molecular formula is C15H18N3O2. The largest absolute Gasteiger partial charge is 0.356 e. The number of rotatable bonds is 2. The second kappa shape index (κ2) is 5.23. The van der Waals surface area contributed by atoms with Gasteiger partial charge in [0.1, 0.15) is 5.82 Å². The van der Waals surface area contributed by atoms with Gasteiger partial charge in [0.05, 0.1) is 5.92 Å². The number of carbonyl (C=O) groups is 2. The molecule has 0 saturated carbocycles. The SMILES string of the molecule is [CH2][C@@H]1CCN(c2ccc([C@H]3CCC(=O)NC3=O)cn2)C1. The predicted molar refractivity (Wildman–Crippen MR) is 75.0 cm³/mol. The fourth-order valence-corrected chi connectivity index (χ4v) is 2.84. The Kier molecular flexibility index (Phi) is 3.42. The smallest absolute Gasteiger partial charge is 0.234 e. The summed E-state index contributed by atoms with van der Waals surface area (Å²) in [5.74, 6) is 0.747. The molecule has 0 bridgehead atoms. The third-order valence-electron chi connectivity index (χ3n) is 4.02. The van der Waals surface area contributed by atoms with Crippen molar-refractivity contribution >= 4 is 17.6 Å². The van der Waals surface area contributed by atoms with Gasteiger partial charge in [-0.3, -0.25) is 14.9 Å². The van der Waals surface area contributed by atoms with Gasteiger partial charge < -0.3 is 4.90 Å². The zero-order chi connectivity index (χ0) is 14.1. The predicted octanol–water partition coefficient (Wildman–Crippen LogP) is 1.26. The highest BCUT2D eigenvalue weighted by atomic mass is 16.2. The van der Waals surface area contributed by atoms with E-state index in [-0.39, 0.29) is 17.7 Å². The maximum Gasteiger partial charge on any atom is 0.234 e. The Bertz CT molecular complexity index is 526. The Labute approximate surface area is 118 Å². The van der Waals surface area contributed by atoms with Crippen molar-refractivity contribution < 1.29 is 9.59 Å². The van der Waals surface area contributed by atoms with Crippen LogP contribution in [0.3, 0.4) is 0 Å². The number of hydrogen-bond donors (Lipinski definition) is 1. The maximum absolute atomic E-state index is 11.8. The Morgan fingerprint density at radius 3 is 2.75 bits per heavy atom. The maximum atomic E-state index is 11.8. The van der Waals surface area contributed by atoms with Crippen molar-refractivity contribution in [2.75, 3.05) is 18.0 Å². The third kappa shape index (κ3) is 2.53. The van der Waals surface area contributed by atoms with Gasteiger partial charge in [-0.2, -0.15) is 0 Å².